The average molecular weight is 327 g/mol. The van der Waals surface area contributed by atoms with E-state index in [4.69, 9.17) is 14.6 Å². The molecule has 2 aromatic rings. The minimum absolute atomic E-state index is 0.0412. The first-order valence-electron chi connectivity index (χ1n) is 5.79. The number of thioether (sulfide) groups is 1. The number of carboxylic acids is 1. The molecular formula is C12H13N3O4S2. The molecule has 0 unspecified atom stereocenters. The molecule has 0 fully saturated rings. The first-order valence-corrected chi connectivity index (χ1v) is 7.59. The van der Waals surface area contributed by atoms with Crippen LogP contribution in [0.15, 0.2) is 22.5 Å². The molecule has 0 spiro atoms. The van der Waals surface area contributed by atoms with E-state index in [1.165, 1.54) is 11.3 Å². The van der Waals surface area contributed by atoms with Crippen molar-refractivity contribution in [3.05, 3.63) is 18.2 Å². The molecule has 0 saturated carbocycles. The van der Waals surface area contributed by atoms with E-state index >= 15 is 0 Å². The third-order valence-electron chi connectivity index (χ3n) is 2.38. The van der Waals surface area contributed by atoms with Gasteiger partial charge in [-0.05, 0) is 12.1 Å². The highest BCUT2D eigenvalue weighted by Crippen LogP contribution is 2.33. The third-order valence-corrected chi connectivity index (χ3v) is 4.33. The molecule has 1 aromatic carbocycles. The highest BCUT2D eigenvalue weighted by atomic mass is 32.2. The normalized spacial score (nSPS) is 10.2. The minimum atomic E-state index is -0.887. The second-order valence-electron chi connectivity index (χ2n) is 3.75. The number of rotatable bonds is 7. The van der Waals surface area contributed by atoms with Crippen molar-refractivity contribution >= 4 is 39.9 Å². The Kier molecular flexibility index (Phi) is 5.23. The topological polar surface area (TPSA) is 93.6 Å². The second kappa shape index (κ2) is 7.14. The standard InChI is InChI=1S/C12H13N3O4S2/c1-18-7-3-4-8(9(5-7)19-2)13-11-14-15-12(21-11)20-6-10(16)17/h3-5H,6H2,1-2H3,(H,13,14)(H,16,17). The van der Waals surface area contributed by atoms with Gasteiger partial charge in [-0.15, -0.1) is 10.2 Å². The van der Waals surface area contributed by atoms with Crippen LogP contribution in [-0.2, 0) is 4.79 Å². The molecule has 0 saturated heterocycles. The number of hydrogen-bond donors (Lipinski definition) is 2. The van der Waals surface area contributed by atoms with E-state index in [1.54, 1.807) is 26.4 Å². The van der Waals surface area contributed by atoms with Gasteiger partial charge in [-0.25, -0.2) is 0 Å². The molecular weight excluding hydrogens is 314 g/mol. The van der Waals surface area contributed by atoms with Gasteiger partial charge < -0.3 is 19.9 Å². The Balaban J connectivity index is 2.09. The number of aliphatic carboxylic acids is 1. The Bertz CT molecular complexity index is 633. The van der Waals surface area contributed by atoms with Crippen molar-refractivity contribution in [3.8, 4) is 11.5 Å². The van der Waals surface area contributed by atoms with Crippen LogP contribution in [0.25, 0.3) is 0 Å². The van der Waals surface area contributed by atoms with Crippen molar-refractivity contribution in [3.63, 3.8) is 0 Å². The van der Waals surface area contributed by atoms with Gasteiger partial charge >= 0.3 is 5.97 Å². The van der Waals surface area contributed by atoms with Gasteiger partial charge in [0.2, 0.25) is 5.13 Å². The van der Waals surface area contributed by atoms with Crippen LogP contribution >= 0.6 is 23.1 Å². The summed E-state index contributed by atoms with van der Waals surface area (Å²) in [5.74, 6) is 0.374. The maximum atomic E-state index is 10.5. The molecule has 112 valence electrons. The quantitative estimate of drug-likeness (QED) is 0.749. The number of carbonyl (C=O) groups is 1. The number of hydrogen-bond acceptors (Lipinski definition) is 8. The smallest absolute Gasteiger partial charge is 0.313 e. The maximum Gasteiger partial charge on any atom is 0.313 e. The zero-order chi connectivity index (χ0) is 15.2. The fourth-order valence-corrected chi connectivity index (χ4v) is 2.94. The number of methoxy groups -OCH3 is 2. The van der Waals surface area contributed by atoms with E-state index in [1.807, 2.05) is 6.07 Å². The molecule has 1 aromatic heterocycles. The number of ether oxygens (including phenoxy) is 2. The highest BCUT2D eigenvalue weighted by molar-refractivity contribution is 8.01. The Morgan fingerprint density at radius 3 is 2.86 bits per heavy atom. The van der Waals surface area contributed by atoms with Crippen LogP contribution in [0.4, 0.5) is 10.8 Å². The zero-order valence-electron chi connectivity index (χ0n) is 11.3. The van der Waals surface area contributed by atoms with Crippen molar-refractivity contribution < 1.29 is 19.4 Å². The lowest BCUT2D eigenvalue weighted by molar-refractivity contribution is -0.133. The number of carboxylic acid groups (broad SMARTS) is 1. The van der Waals surface area contributed by atoms with Crippen molar-refractivity contribution in [2.75, 3.05) is 25.3 Å². The van der Waals surface area contributed by atoms with E-state index in [0.717, 1.165) is 17.4 Å². The summed E-state index contributed by atoms with van der Waals surface area (Å²) in [5.41, 5.74) is 0.726. The molecule has 2 N–H and O–H groups in total. The van der Waals surface area contributed by atoms with Crippen molar-refractivity contribution in [1.82, 2.24) is 10.2 Å². The minimum Gasteiger partial charge on any atom is -0.497 e. The summed E-state index contributed by atoms with van der Waals surface area (Å²) >= 11 is 2.41. The Morgan fingerprint density at radius 2 is 2.19 bits per heavy atom. The molecule has 0 aliphatic carbocycles. The van der Waals surface area contributed by atoms with Crippen LogP contribution in [0.5, 0.6) is 11.5 Å². The molecule has 0 aliphatic heterocycles. The second-order valence-corrected chi connectivity index (χ2v) is 5.95. The summed E-state index contributed by atoms with van der Waals surface area (Å²) in [7, 11) is 3.15. The molecule has 7 nitrogen and oxygen atoms in total. The zero-order valence-corrected chi connectivity index (χ0v) is 13.0. The first-order chi connectivity index (χ1) is 10.1. The van der Waals surface area contributed by atoms with Crippen LogP contribution in [-0.4, -0.2) is 41.2 Å². The largest absolute Gasteiger partial charge is 0.497 e. The summed E-state index contributed by atoms with van der Waals surface area (Å²) in [6, 6.07) is 5.36. The van der Waals surface area contributed by atoms with E-state index < -0.39 is 5.97 Å². The summed E-state index contributed by atoms with van der Waals surface area (Å²) in [6.07, 6.45) is 0. The first kappa shape index (κ1) is 15.4. The lowest BCUT2D eigenvalue weighted by Gasteiger charge is -2.10. The van der Waals surface area contributed by atoms with Gasteiger partial charge in [-0.3, -0.25) is 4.79 Å². The van der Waals surface area contributed by atoms with Crippen LogP contribution in [0, 0.1) is 0 Å². The fourth-order valence-electron chi connectivity index (χ4n) is 1.46. The lowest BCUT2D eigenvalue weighted by Crippen LogP contribution is -1.96. The summed E-state index contributed by atoms with van der Waals surface area (Å²) in [6.45, 7) is 0. The van der Waals surface area contributed by atoms with Crippen molar-refractivity contribution in [1.29, 1.82) is 0 Å². The van der Waals surface area contributed by atoms with Crippen molar-refractivity contribution in [2.24, 2.45) is 0 Å². The Labute approximate surface area is 129 Å². The molecule has 21 heavy (non-hydrogen) atoms. The highest BCUT2D eigenvalue weighted by Gasteiger charge is 2.10. The number of aromatic nitrogens is 2. The molecule has 0 amide bonds. The number of benzene rings is 1. The van der Waals surface area contributed by atoms with E-state index in [2.05, 4.69) is 15.5 Å². The van der Waals surface area contributed by atoms with Gasteiger partial charge in [0.15, 0.2) is 4.34 Å². The fraction of sp³-hybridized carbons (Fsp3) is 0.250. The number of anilines is 2. The molecule has 2 rings (SSSR count). The predicted octanol–water partition coefficient (Wildman–Crippen LogP) is 2.48. The van der Waals surface area contributed by atoms with Crippen molar-refractivity contribution in [2.45, 2.75) is 4.34 Å². The van der Waals surface area contributed by atoms with Crippen LogP contribution in [0.3, 0.4) is 0 Å². The Morgan fingerprint density at radius 1 is 1.38 bits per heavy atom. The number of nitrogens with one attached hydrogen (secondary N) is 1. The molecule has 9 heteroatoms. The van der Waals surface area contributed by atoms with Gasteiger partial charge in [0.25, 0.3) is 0 Å². The van der Waals surface area contributed by atoms with Gasteiger partial charge in [0.1, 0.15) is 11.5 Å². The third kappa shape index (κ3) is 4.23. The molecule has 1 heterocycles. The molecule has 0 aliphatic rings. The summed E-state index contributed by atoms with van der Waals surface area (Å²) < 4.78 is 11.0. The summed E-state index contributed by atoms with van der Waals surface area (Å²) in [5, 5.41) is 20.2. The Hall–Kier alpha value is -2.00. The van der Waals surface area contributed by atoms with Gasteiger partial charge in [0, 0.05) is 6.07 Å². The molecule has 0 atom stereocenters. The SMILES string of the molecule is COc1ccc(Nc2nnc(SCC(=O)O)s2)c(OC)c1. The van der Waals surface area contributed by atoms with Crippen LogP contribution in [0.2, 0.25) is 0 Å². The van der Waals surface area contributed by atoms with E-state index in [-0.39, 0.29) is 5.75 Å². The van der Waals surface area contributed by atoms with Gasteiger partial charge in [0.05, 0.1) is 25.7 Å². The van der Waals surface area contributed by atoms with E-state index in [9.17, 15) is 4.79 Å². The van der Waals surface area contributed by atoms with Crippen LogP contribution in [0.1, 0.15) is 0 Å². The van der Waals surface area contributed by atoms with Crippen LogP contribution < -0.4 is 14.8 Å². The molecule has 0 bridgehead atoms. The number of nitrogens with zero attached hydrogens (tertiary/aromatic N) is 2. The lowest BCUT2D eigenvalue weighted by atomic mass is 10.3. The van der Waals surface area contributed by atoms with E-state index in [0.29, 0.717) is 21.0 Å². The summed E-state index contributed by atoms with van der Waals surface area (Å²) in [4.78, 5) is 10.5. The average Bonchev–Trinajstić information content (AvgIpc) is 2.93. The molecule has 0 radical (unpaired) electrons. The maximum absolute atomic E-state index is 10.5. The predicted molar refractivity (Wildman–Crippen MR) is 81.1 cm³/mol. The monoisotopic (exact) mass is 327 g/mol. The van der Waals surface area contributed by atoms with Gasteiger partial charge in [-0.2, -0.15) is 0 Å². The van der Waals surface area contributed by atoms with Gasteiger partial charge in [-0.1, -0.05) is 23.1 Å².